The van der Waals surface area contributed by atoms with Crippen LogP contribution in [0, 0.1) is 0 Å². The zero-order chi connectivity index (χ0) is 49.4. The smallest absolute Gasteiger partial charge is 0.388 e. The number of hydrogen-bond donors (Lipinski definition) is 3. The molecule has 0 aliphatic carbocycles. The summed E-state index contributed by atoms with van der Waals surface area (Å²) >= 11 is 0. The van der Waals surface area contributed by atoms with E-state index < -0.39 is 29.9 Å². The highest BCUT2D eigenvalue weighted by atomic mass is 16.9. The predicted molar refractivity (Wildman–Crippen MR) is 278 cm³/mol. The van der Waals surface area contributed by atoms with E-state index >= 15 is 0 Å². The lowest BCUT2D eigenvalue weighted by Crippen LogP contribution is -2.44. The van der Waals surface area contributed by atoms with Crippen molar-refractivity contribution in [3.05, 3.63) is 36.0 Å². The number of allylic oxidation sites excluding steroid dienone is 5. The largest absolute Gasteiger partial charge is 0.423 e. The number of ether oxygens (including phenoxy) is 3. The van der Waals surface area contributed by atoms with Gasteiger partial charge in [-0.15, -0.1) is 0 Å². The molecule has 9 nitrogen and oxygen atoms in total. The molecule has 392 valence electrons. The average Bonchev–Trinajstić information content (AvgIpc) is 3.29. The second kappa shape index (κ2) is 47.2. The Labute approximate surface area is 412 Å². The maximum Gasteiger partial charge on any atom is 0.423 e. The molecule has 0 amide bonds. The third-order valence-corrected chi connectivity index (χ3v) is 12.7. The van der Waals surface area contributed by atoms with Gasteiger partial charge >= 0.3 is 23.9 Å². The molecule has 0 bridgehead atoms. The Morgan fingerprint density at radius 2 is 0.597 bits per heavy atom. The Morgan fingerprint density at radius 1 is 0.343 bits per heavy atom. The predicted octanol–water partition coefficient (Wildman–Crippen LogP) is 16.8. The Hall–Kier alpha value is -2.49. The van der Waals surface area contributed by atoms with E-state index in [1.807, 2.05) is 0 Å². The molecule has 0 rings (SSSR count). The fraction of sp³-hybridized carbons (Fsp3) is 0.845. The summed E-state index contributed by atoms with van der Waals surface area (Å²) < 4.78 is 17.2. The van der Waals surface area contributed by atoms with E-state index in [1.165, 1.54) is 109 Å². The summed E-state index contributed by atoms with van der Waals surface area (Å²) in [6.07, 6.45) is 52.9. The quantitative estimate of drug-likeness (QED) is 0.0235. The highest BCUT2D eigenvalue weighted by molar-refractivity contribution is 5.74. The summed E-state index contributed by atoms with van der Waals surface area (Å²) in [6, 6.07) is 0. The standard InChI is InChI=1S/C58H106O9/c1-5-9-12-15-18-20-22-24-26-28-30-32-34-40-45-50-54(59)65-57(8-4,66-55(60)51-46-41-35-33-31-29-27-25-23-21-19-16-13-10-6-2)67-56(61)52-47-42-37-36-39-44-49-53(58(62,63)64)48-43-38-17-14-11-7-3/h24-27,49,62-64H,5-23,28-48,50-52H2,1-4H3/b26-24-,27-25-,53-49-. The molecule has 9 heteroatoms. The van der Waals surface area contributed by atoms with E-state index in [9.17, 15) is 29.7 Å². The van der Waals surface area contributed by atoms with Crippen LogP contribution in [0.2, 0.25) is 0 Å². The molecule has 0 heterocycles. The number of rotatable bonds is 50. The number of carbonyl (C=O) groups excluding carboxylic acids is 3. The molecular formula is C58H106O9. The van der Waals surface area contributed by atoms with E-state index in [0.29, 0.717) is 32.1 Å². The second-order valence-corrected chi connectivity index (χ2v) is 19.3. The maximum atomic E-state index is 13.2. The van der Waals surface area contributed by atoms with Gasteiger partial charge in [-0.1, -0.05) is 212 Å². The Bertz CT molecular complexity index is 1180. The van der Waals surface area contributed by atoms with Crippen LogP contribution in [0.3, 0.4) is 0 Å². The topological polar surface area (TPSA) is 140 Å². The lowest BCUT2D eigenvalue weighted by atomic mass is 10.0. The summed E-state index contributed by atoms with van der Waals surface area (Å²) in [6.45, 7) is 8.37. The van der Waals surface area contributed by atoms with Crippen LogP contribution >= 0.6 is 0 Å². The summed E-state index contributed by atoms with van der Waals surface area (Å²) in [7, 11) is 0. The van der Waals surface area contributed by atoms with Crippen LogP contribution in [0.15, 0.2) is 36.0 Å². The summed E-state index contributed by atoms with van der Waals surface area (Å²) in [5.41, 5.74) is 0.256. The minimum Gasteiger partial charge on any atom is -0.388 e. The Balaban J connectivity index is 4.89. The van der Waals surface area contributed by atoms with Crippen LogP contribution in [0.5, 0.6) is 0 Å². The van der Waals surface area contributed by atoms with Gasteiger partial charge in [0.25, 0.3) is 5.97 Å². The van der Waals surface area contributed by atoms with Crippen molar-refractivity contribution in [1.29, 1.82) is 0 Å². The normalized spacial score (nSPS) is 12.4. The Morgan fingerprint density at radius 3 is 0.881 bits per heavy atom. The average molecular weight is 947 g/mol. The number of hydrogen-bond acceptors (Lipinski definition) is 9. The third kappa shape index (κ3) is 43.3. The van der Waals surface area contributed by atoms with E-state index in [-0.39, 0.29) is 31.3 Å². The molecule has 0 aliphatic rings. The van der Waals surface area contributed by atoms with Crippen molar-refractivity contribution in [3.63, 3.8) is 0 Å². The van der Waals surface area contributed by atoms with E-state index in [0.717, 1.165) is 109 Å². The van der Waals surface area contributed by atoms with Crippen LogP contribution in [0.4, 0.5) is 0 Å². The van der Waals surface area contributed by atoms with Gasteiger partial charge in [0.05, 0.1) is 6.42 Å². The van der Waals surface area contributed by atoms with Crippen LogP contribution in [-0.2, 0) is 28.6 Å². The van der Waals surface area contributed by atoms with Crippen molar-refractivity contribution in [3.8, 4) is 0 Å². The fourth-order valence-electron chi connectivity index (χ4n) is 8.36. The zero-order valence-electron chi connectivity index (χ0n) is 44.1. The molecule has 0 aromatic heterocycles. The number of carbonyl (C=O) groups is 3. The maximum absolute atomic E-state index is 13.2. The van der Waals surface area contributed by atoms with Crippen molar-refractivity contribution in [2.24, 2.45) is 0 Å². The van der Waals surface area contributed by atoms with Crippen molar-refractivity contribution in [2.45, 2.75) is 316 Å². The SMILES string of the molecule is CCCCCCCC/C=C\CCCCCCCC(=O)OC(CC)(OC(=O)CCCCCCC/C=C\CCCCCCCC)OC(=O)CCCCCCC/C=C(/CCCCCCCC)C(O)(O)O. The zero-order valence-corrected chi connectivity index (χ0v) is 44.1. The van der Waals surface area contributed by atoms with Crippen LogP contribution < -0.4 is 0 Å². The lowest BCUT2D eigenvalue weighted by Gasteiger charge is -2.30. The summed E-state index contributed by atoms with van der Waals surface area (Å²) in [5.74, 6) is -6.50. The molecule has 0 saturated heterocycles. The van der Waals surface area contributed by atoms with E-state index in [2.05, 4.69) is 45.1 Å². The van der Waals surface area contributed by atoms with Crippen molar-refractivity contribution in [1.82, 2.24) is 0 Å². The van der Waals surface area contributed by atoms with E-state index in [4.69, 9.17) is 14.2 Å². The number of esters is 3. The molecule has 0 fully saturated rings. The van der Waals surface area contributed by atoms with Gasteiger partial charge in [-0.25, -0.2) is 0 Å². The first-order valence-electron chi connectivity index (χ1n) is 28.4. The first-order chi connectivity index (χ1) is 32.5. The van der Waals surface area contributed by atoms with Crippen LogP contribution in [-0.4, -0.2) is 45.2 Å². The summed E-state index contributed by atoms with van der Waals surface area (Å²) in [5, 5.41) is 29.5. The molecular weight excluding hydrogens is 841 g/mol. The fourth-order valence-corrected chi connectivity index (χ4v) is 8.36. The minimum absolute atomic E-state index is 0.000137. The van der Waals surface area contributed by atoms with Crippen molar-refractivity contribution in [2.75, 3.05) is 0 Å². The monoisotopic (exact) mass is 947 g/mol. The number of aliphatic hydroxyl groups is 3. The first-order valence-corrected chi connectivity index (χ1v) is 28.4. The van der Waals surface area contributed by atoms with Crippen LogP contribution in [0.25, 0.3) is 0 Å². The van der Waals surface area contributed by atoms with Crippen molar-refractivity contribution < 1.29 is 43.9 Å². The van der Waals surface area contributed by atoms with Gasteiger partial charge in [0.2, 0.25) is 0 Å². The second-order valence-electron chi connectivity index (χ2n) is 19.3. The molecule has 0 aromatic carbocycles. The minimum atomic E-state index is -2.78. The van der Waals surface area contributed by atoms with Gasteiger partial charge < -0.3 is 29.5 Å². The molecule has 3 N–H and O–H groups in total. The van der Waals surface area contributed by atoms with Gasteiger partial charge in [-0.3, -0.25) is 14.4 Å². The summed E-state index contributed by atoms with van der Waals surface area (Å²) in [4.78, 5) is 39.4. The molecule has 67 heavy (non-hydrogen) atoms. The highest BCUT2D eigenvalue weighted by Gasteiger charge is 2.41. The van der Waals surface area contributed by atoms with Crippen molar-refractivity contribution >= 4 is 17.9 Å². The van der Waals surface area contributed by atoms with Gasteiger partial charge in [-0.05, 0) is 96.3 Å². The molecule has 0 spiro atoms. The molecule has 0 atom stereocenters. The van der Waals surface area contributed by atoms with Gasteiger partial charge in [-0.2, -0.15) is 0 Å². The molecule has 0 saturated carbocycles. The Kier molecular flexibility index (Phi) is 45.4. The van der Waals surface area contributed by atoms with Gasteiger partial charge in [0.15, 0.2) is 0 Å². The van der Waals surface area contributed by atoms with Gasteiger partial charge in [0, 0.05) is 24.8 Å². The third-order valence-electron chi connectivity index (χ3n) is 12.7. The van der Waals surface area contributed by atoms with Gasteiger partial charge in [0.1, 0.15) is 0 Å². The highest BCUT2D eigenvalue weighted by Crippen LogP contribution is 2.26. The number of unbranched alkanes of at least 4 members (excludes halogenated alkanes) is 32. The van der Waals surface area contributed by atoms with E-state index in [1.54, 1.807) is 13.0 Å². The molecule has 0 radical (unpaired) electrons. The first kappa shape index (κ1) is 64.5. The molecule has 0 unspecified atom stereocenters. The lowest BCUT2D eigenvalue weighted by molar-refractivity contribution is -0.331. The van der Waals surface area contributed by atoms with Crippen LogP contribution in [0.1, 0.15) is 304 Å². The molecule has 0 aliphatic heterocycles. The molecule has 0 aromatic rings.